The summed E-state index contributed by atoms with van der Waals surface area (Å²) < 4.78 is 38.4. The first-order chi connectivity index (χ1) is 13.2. The number of aryl methyl sites for hydroxylation is 1. The molecule has 1 saturated heterocycles. The normalized spacial score (nSPS) is 17.1. The minimum atomic E-state index is -4.44. The van der Waals surface area contributed by atoms with E-state index in [4.69, 9.17) is 0 Å². The van der Waals surface area contributed by atoms with Crippen molar-refractivity contribution in [3.05, 3.63) is 64.7 Å². The fourth-order valence-corrected chi connectivity index (χ4v) is 3.36. The molecule has 1 atom stereocenters. The van der Waals surface area contributed by atoms with E-state index in [-0.39, 0.29) is 12.5 Å². The van der Waals surface area contributed by atoms with Gasteiger partial charge in [-0.3, -0.25) is 9.59 Å². The van der Waals surface area contributed by atoms with Crippen LogP contribution in [0.1, 0.15) is 28.7 Å². The Morgan fingerprint density at radius 3 is 2.61 bits per heavy atom. The quantitative estimate of drug-likeness (QED) is 0.803. The minimum absolute atomic E-state index is 0.0595. The van der Waals surface area contributed by atoms with Crippen LogP contribution in [0.15, 0.2) is 42.5 Å². The standard InChI is InChI=1S/C21H21F3N2O2/c1-13-5-3-8-18(14(13)2)26-10-9-17(20(26)28)19(27)25-12-15-6-4-7-16(11-15)21(22,23)24/h3-8,11,17H,9-10,12H2,1-2H3,(H,25,27). The van der Waals surface area contributed by atoms with Crippen molar-refractivity contribution in [3.8, 4) is 0 Å². The molecule has 0 aliphatic carbocycles. The highest BCUT2D eigenvalue weighted by Crippen LogP contribution is 2.31. The molecule has 28 heavy (non-hydrogen) atoms. The number of carbonyl (C=O) groups is 2. The fourth-order valence-electron chi connectivity index (χ4n) is 3.36. The Balaban J connectivity index is 1.66. The average molecular weight is 390 g/mol. The van der Waals surface area contributed by atoms with E-state index in [2.05, 4.69) is 5.32 Å². The van der Waals surface area contributed by atoms with Crippen LogP contribution in [0.25, 0.3) is 0 Å². The number of hydrogen-bond acceptors (Lipinski definition) is 2. The third-order valence-electron chi connectivity index (χ3n) is 5.11. The Kier molecular flexibility index (Phi) is 5.45. The van der Waals surface area contributed by atoms with Gasteiger partial charge in [-0.1, -0.05) is 24.3 Å². The van der Waals surface area contributed by atoms with E-state index < -0.39 is 23.6 Å². The van der Waals surface area contributed by atoms with Crippen LogP contribution in [0.2, 0.25) is 0 Å². The second kappa shape index (κ2) is 7.66. The molecule has 1 fully saturated rings. The fraction of sp³-hybridized carbons (Fsp3) is 0.333. The number of amides is 2. The second-order valence-electron chi connectivity index (χ2n) is 6.97. The van der Waals surface area contributed by atoms with Crippen molar-refractivity contribution in [1.29, 1.82) is 0 Å². The molecule has 0 bridgehead atoms. The van der Waals surface area contributed by atoms with Gasteiger partial charge in [-0.05, 0) is 55.2 Å². The van der Waals surface area contributed by atoms with Gasteiger partial charge in [0.25, 0.3) is 0 Å². The smallest absolute Gasteiger partial charge is 0.351 e. The molecular formula is C21H21F3N2O2. The lowest BCUT2D eigenvalue weighted by molar-refractivity contribution is -0.137. The van der Waals surface area contributed by atoms with Crippen LogP contribution < -0.4 is 10.2 Å². The molecule has 1 heterocycles. The molecule has 2 amide bonds. The zero-order valence-electron chi connectivity index (χ0n) is 15.6. The summed E-state index contributed by atoms with van der Waals surface area (Å²) in [7, 11) is 0. The van der Waals surface area contributed by atoms with E-state index in [0.29, 0.717) is 18.5 Å². The van der Waals surface area contributed by atoms with Gasteiger partial charge in [0.15, 0.2) is 0 Å². The predicted octanol–water partition coefficient (Wildman–Crippen LogP) is 3.99. The Hall–Kier alpha value is -2.83. The van der Waals surface area contributed by atoms with Crippen LogP contribution in [-0.4, -0.2) is 18.4 Å². The van der Waals surface area contributed by atoms with E-state index in [1.807, 2.05) is 32.0 Å². The molecule has 2 aromatic carbocycles. The third kappa shape index (κ3) is 4.03. The zero-order chi connectivity index (χ0) is 20.5. The molecule has 0 spiro atoms. The first kappa shape index (κ1) is 19.9. The van der Waals surface area contributed by atoms with E-state index in [1.165, 1.54) is 12.1 Å². The Morgan fingerprint density at radius 2 is 1.89 bits per heavy atom. The van der Waals surface area contributed by atoms with Crippen molar-refractivity contribution >= 4 is 17.5 Å². The lowest BCUT2D eigenvalue weighted by Gasteiger charge is -2.20. The number of carbonyl (C=O) groups excluding carboxylic acids is 2. The SMILES string of the molecule is Cc1cccc(N2CCC(C(=O)NCc3cccc(C(F)(F)F)c3)C2=O)c1C. The highest BCUT2D eigenvalue weighted by Gasteiger charge is 2.38. The summed E-state index contributed by atoms with van der Waals surface area (Å²) in [5.74, 6) is -1.57. The van der Waals surface area contributed by atoms with Crippen LogP contribution in [0.4, 0.5) is 18.9 Å². The number of anilines is 1. The van der Waals surface area contributed by atoms with Crippen molar-refractivity contribution in [2.24, 2.45) is 5.92 Å². The molecular weight excluding hydrogens is 369 g/mol. The van der Waals surface area contributed by atoms with Crippen LogP contribution in [0.3, 0.4) is 0 Å². The summed E-state index contributed by atoms with van der Waals surface area (Å²) in [5, 5.41) is 2.59. The maximum atomic E-state index is 12.8. The average Bonchev–Trinajstić information content (AvgIpc) is 3.03. The van der Waals surface area contributed by atoms with Crippen LogP contribution in [-0.2, 0) is 22.3 Å². The minimum Gasteiger partial charge on any atom is -0.351 e. The molecule has 1 aliphatic heterocycles. The van der Waals surface area contributed by atoms with Crippen LogP contribution in [0.5, 0.6) is 0 Å². The largest absolute Gasteiger partial charge is 0.416 e. The summed E-state index contributed by atoms with van der Waals surface area (Å²) >= 11 is 0. The Morgan fingerprint density at radius 1 is 1.18 bits per heavy atom. The summed E-state index contributed by atoms with van der Waals surface area (Å²) in [6.45, 7) is 4.26. The monoisotopic (exact) mass is 390 g/mol. The van der Waals surface area contributed by atoms with Crippen molar-refractivity contribution in [1.82, 2.24) is 5.32 Å². The van der Waals surface area contributed by atoms with Gasteiger partial charge < -0.3 is 10.2 Å². The molecule has 3 rings (SSSR count). The number of nitrogens with one attached hydrogen (secondary N) is 1. The number of rotatable bonds is 4. The predicted molar refractivity (Wildman–Crippen MR) is 99.7 cm³/mol. The molecule has 4 nitrogen and oxygen atoms in total. The highest BCUT2D eigenvalue weighted by atomic mass is 19.4. The van der Waals surface area contributed by atoms with E-state index in [1.54, 1.807) is 4.90 Å². The van der Waals surface area contributed by atoms with Gasteiger partial charge in [0.1, 0.15) is 5.92 Å². The lowest BCUT2D eigenvalue weighted by atomic mass is 10.1. The first-order valence-corrected chi connectivity index (χ1v) is 9.00. The number of nitrogens with zero attached hydrogens (tertiary/aromatic N) is 1. The molecule has 148 valence electrons. The van der Waals surface area contributed by atoms with Gasteiger partial charge in [0.05, 0.1) is 5.56 Å². The summed E-state index contributed by atoms with van der Waals surface area (Å²) in [4.78, 5) is 26.8. The van der Waals surface area contributed by atoms with Crippen molar-refractivity contribution < 1.29 is 22.8 Å². The zero-order valence-corrected chi connectivity index (χ0v) is 15.6. The molecule has 1 N–H and O–H groups in total. The van der Waals surface area contributed by atoms with Gasteiger partial charge in [-0.15, -0.1) is 0 Å². The lowest BCUT2D eigenvalue weighted by Crippen LogP contribution is -2.36. The van der Waals surface area contributed by atoms with Crippen LogP contribution in [0, 0.1) is 19.8 Å². The topological polar surface area (TPSA) is 49.4 Å². The second-order valence-corrected chi connectivity index (χ2v) is 6.97. The highest BCUT2D eigenvalue weighted by molar-refractivity contribution is 6.09. The summed E-state index contributed by atoms with van der Waals surface area (Å²) in [6.07, 6.45) is -4.06. The molecule has 7 heteroatoms. The molecule has 1 unspecified atom stereocenters. The molecule has 0 aromatic heterocycles. The molecule has 0 saturated carbocycles. The van der Waals surface area contributed by atoms with Gasteiger partial charge >= 0.3 is 6.18 Å². The summed E-state index contributed by atoms with van der Waals surface area (Å²) in [5.41, 5.74) is 2.40. The number of hydrogen-bond donors (Lipinski definition) is 1. The van der Waals surface area contributed by atoms with Crippen molar-refractivity contribution in [2.75, 3.05) is 11.4 Å². The number of halogens is 3. The van der Waals surface area contributed by atoms with Gasteiger partial charge in [0, 0.05) is 18.8 Å². The summed E-state index contributed by atoms with van der Waals surface area (Å²) in [6, 6.07) is 10.5. The van der Waals surface area contributed by atoms with E-state index in [9.17, 15) is 22.8 Å². The van der Waals surface area contributed by atoms with E-state index in [0.717, 1.165) is 28.9 Å². The maximum absolute atomic E-state index is 12.8. The molecule has 1 aliphatic rings. The maximum Gasteiger partial charge on any atom is 0.416 e. The van der Waals surface area contributed by atoms with Gasteiger partial charge in [-0.2, -0.15) is 13.2 Å². The third-order valence-corrected chi connectivity index (χ3v) is 5.11. The van der Waals surface area contributed by atoms with Crippen molar-refractivity contribution in [2.45, 2.75) is 33.0 Å². The number of alkyl halides is 3. The van der Waals surface area contributed by atoms with E-state index >= 15 is 0 Å². The first-order valence-electron chi connectivity index (χ1n) is 9.00. The van der Waals surface area contributed by atoms with Gasteiger partial charge in [-0.25, -0.2) is 0 Å². The Bertz CT molecular complexity index is 909. The van der Waals surface area contributed by atoms with Crippen molar-refractivity contribution in [3.63, 3.8) is 0 Å². The van der Waals surface area contributed by atoms with Crippen LogP contribution >= 0.6 is 0 Å². The molecule has 2 aromatic rings. The molecule has 0 radical (unpaired) electrons. The number of benzene rings is 2. The Labute approximate surface area is 161 Å². The van der Waals surface area contributed by atoms with Gasteiger partial charge in [0.2, 0.25) is 11.8 Å².